The van der Waals surface area contributed by atoms with E-state index < -0.39 is 30.2 Å². The molecule has 238 valence electrons. The molecule has 0 aromatic rings. The molecule has 1 unspecified atom stereocenters. The van der Waals surface area contributed by atoms with Crippen LogP contribution < -0.4 is 0 Å². The van der Waals surface area contributed by atoms with E-state index in [1.165, 1.54) is 7.11 Å². The van der Waals surface area contributed by atoms with Crippen LogP contribution in [0.1, 0.15) is 78.1 Å². The zero-order chi connectivity index (χ0) is 30.6. The molecule has 42 heavy (non-hydrogen) atoms. The van der Waals surface area contributed by atoms with Crippen molar-refractivity contribution in [3.63, 3.8) is 0 Å². The average molecular weight is 613 g/mol. The summed E-state index contributed by atoms with van der Waals surface area (Å²) < 4.78 is 35.3. The zero-order valence-electron chi connectivity index (χ0n) is 25.5. The highest BCUT2D eigenvalue weighted by Crippen LogP contribution is 2.41. The standard InChI is InChI=1S/C32H49ClO9/c1-18-14-23(39-21(4)20(18)3)7-9-25(34)19(2)13-22(33)11-12-32(36)17-29(37-5)27-16-28(42-32)31-26(41-27)10-8-24(40-31)15-30(35)38-6/h16,18,21-26,28-29,31,34,36H,2-3,7-15,17H2,1,4-6H3/t18-,21-,22-,23+,24-,25+,26+,28?,29-,31+,32+/m1/s1. The van der Waals surface area contributed by atoms with Gasteiger partial charge in [0.1, 0.15) is 30.2 Å². The zero-order valence-corrected chi connectivity index (χ0v) is 26.2. The second kappa shape index (κ2) is 14.5. The quantitative estimate of drug-likeness (QED) is 0.184. The summed E-state index contributed by atoms with van der Waals surface area (Å²) in [6, 6.07) is 0. The van der Waals surface area contributed by atoms with Gasteiger partial charge in [-0.05, 0) is 75.0 Å². The van der Waals surface area contributed by atoms with Gasteiger partial charge in [0.2, 0.25) is 0 Å². The molecule has 4 aliphatic heterocycles. The van der Waals surface area contributed by atoms with Crippen molar-refractivity contribution in [1.29, 1.82) is 0 Å². The molecular weight excluding hydrogens is 564 g/mol. The molecule has 4 aliphatic rings. The number of aliphatic hydroxyl groups is 2. The summed E-state index contributed by atoms with van der Waals surface area (Å²) in [6.45, 7) is 12.4. The predicted molar refractivity (Wildman–Crippen MR) is 158 cm³/mol. The van der Waals surface area contributed by atoms with E-state index in [9.17, 15) is 15.0 Å². The van der Waals surface area contributed by atoms with E-state index in [2.05, 4.69) is 20.1 Å². The van der Waals surface area contributed by atoms with Crippen molar-refractivity contribution in [2.45, 2.75) is 138 Å². The number of ether oxygens (including phenoxy) is 6. The van der Waals surface area contributed by atoms with Crippen LogP contribution in [0.15, 0.2) is 36.1 Å². The fourth-order valence-electron chi connectivity index (χ4n) is 6.55. The van der Waals surface area contributed by atoms with Gasteiger partial charge in [-0.15, -0.1) is 11.6 Å². The van der Waals surface area contributed by atoms with Gasteiger partial charge in [-0.3, -0.25) is 4.79 Å². The molecule has 11 atom stereocenters. The van der Waals surface area contributed by atoms with Gasteiger partial charge in [-0.1, -0.05) is 20.1 Å². The van der Waals surface area contributed by atoms with Crippen molar-refractivity contribution in [2.24, 2.45) is 5.92 Å². The van der Waals surface area contributed by atoms with Crippen molar-refractivity contribution in [3.05, 3.63) is 36.1 Å². The lowest BCUT2D eigenvalue weighted by molar-refractivity contribution is -0.265. The lowest BCUT2D eigenvalue weighted by Gasteiger charge is -2.43. The molecule has 0 radical (unpaired) electrons. The van der Waals surface area contributed by atoms with Crippen LogP contribution >= 0.6 is 11.6 Å². The van der Waals surface area contributed by atoms with Crippen LogP contribution in [-0.2, 0) is 33.2 Å². The van der Waals surface area contributed by atoms with E-state index in [0.29, 0.717) is 49.4 Å². The van der Waals surface area contributed by atoms with Gasteiger partial charge in [-0.25, -0.2) is 0 Å². The lowest BCUT2D eigenvalue weighted by Crippen LogP contribution is -2.52. The Morgan fingerprint density at radius 3 is 2.67 bits per heavy atom. The van der Waals surface area contributed by atoms with Crippen LogP contribution in [0.5, 0.6) is 0 Å². The minimum atomic E-state index is -1.54. The topological polar surface area (TPSA) is 113 Å². The maximum atomic E-state index is 11.8. The SMILES string of the molecule is C=C(C[C@H](Cl)CC[C@@]1(O)C[C@@H](OC)C2=CC(O1)[C@H]1O[C@@H](CC(=O)OC)CC[C@@H]1O2)[C@@H](O)CC[C@H]1C[C@@H](C)C(=C)[C@@H](C)O1. The van der Waals surface area contributed by atoms with Gasteiger partial charge < -0.3 is 38.6 Å². The molecule has 4 rings (SSSR count). The molecule has 10 heteroatoms. The third-order valence-electron chi connectivity index (χ3n) is 9.25. The number of aliphatic hydroxyl groups excluding tert-OH is 1. The smallest absolute Gasteiger partial charge is 0.308 e. The van der Waals surface area contributed by atoms with Crippen LogP contribution in [0.2, 0.25) is 0 Å². The fraction of sp³-hybridized carbons (Fsp3) is 0.781. The molecule has 0 aromatic heterocycles. The number of halogens is 1. The summed E-state index contributed by atoms with van der Waals surface area (Å²) >= 11 is 6.71. The van der Waals surface area contributed by atoms with Crippen LogP contribution in [0, 0.1) is 5.92 Å². The van der Waals surface area contributed by atoms with Crippen LogP contribution in [0.3, 0.4) is 0 Å². The first-order valence-electron chi connectivity index (χ1n) is 15.3. The van der Waals surface area contributed by atoms with Crippen LogP contribution in [0.25, 0.3) is 0 Å². The fourth-order valence-corrected chi connectivity index (χ4v) is 6.86. The van der Waals surface area contributed by atoms with Gasteiger partial charge in [0.15, 0.2) is 5.79 Å². The lowest BCUT2D eigenvalue weighted by atomic mass is 9.87. The molecule has 4 heterocycles. The summed E-state index contributed by atoms with van der Waals surface area (Å²) in [6.07, 6.45) is 4.13. The first-order valence-corrected chi connectivity index (χ1v) is 15.7. The highest BCUT2D eigenvalue weighted by Gasteiger charge is 2.49. The molecule has 2 N–H and O–H groups in total. The maximum Gasteiger partial charge on any atom is 0.308 e. The van der Waals surface area contributed by atoms with Crippen molar-refractivity contribution in [3.8, 4) is 0 Å². The van der Waals surface area contributed by atoms with Gasteiger partial charge >= 0.3 is 5.97 Å². The molecule has 0 saturated carbocycles. The van der Waals surface area contributed by atoms with E-state index in [-0.39, 0.29) is 55.0 Å². The normalized spacial score (nSPS) is 37.9. The van der Waals surface area contributed by atoms with Gasteiger partial charge in [0, 0.05) is 25.3 Å². The Kier molecular flexibility index (Phi) is 11.6. The molecule has 2 fully saturated rings. The van der Waals surface area contributed by atoms with Gasteiger partial charge in [-0.2, -0.15) is 0 Å². The predicted octanol–water partition coefficient (Wildman–Crippen LogP) is 4.72. The summed E-state index contributed by atoms with van der Waals surface area (Å²) in [5, 5.41) is 22.1. The second-order valence-electron chi connectivity index (χ2n) is 12.5. The Labute approximate surface area is 255 Å². The molecule has 9 nitrogen and oxygen atoms in total. The van der Waals surface area contributed by atoms with Gasteiger partial charge in [0.25, 0.3) is 0 Å². The highest BCUT2D eigenvalue weighted by atomic mass is 35.5. The van der Waals surface area contributed by atoms with Crippen molar-refractivity contribution < 1.29 is 43.4 Å². The second-order valence-corrected chi connectivity index (χ2v) is 13.1. The Bertz CT molecular complexity index is 986. The first kappa shape index (κ1) is 33.4. The summed E-state index contributed by atoms with van der Waals surface area (Å²) in [5.74, 6) is -0.839. The summed E-state index contributed by atoms with van der Waals surface area (Å²) in [4.78, 5) is 11.8. The van der Waals surface area contributed by atoms with Crippen LogP contribution in [-0.4, -0.2) is 90.4 Å². The highest BCUT2D eigenvalue weighted by molar-refractivity contribution is 6.20. The number of esters is 1. The minimum absolute atomic E-state index is 0.0277. The Hall–Kier alpha value is -1.46. The molecule has 0 aliphatic carbocycles. The van der Waals surface area contributed by atoms with E-state index in [1.54, 1.807) is 7.11 Å². The number of alkyl halides is 1. The van der Waals surface area contributed by atoms with Gasteiger partial charge in [0.05, 0.1) is 37.9 Å². The minimum Gasteiger partial charge on any atom is -0.489 e. The molecule has 0 spiro atoms. The largest absolute Gasteiger partial charge is 0.489 e. The molecule has 0 amide bonds. The number of carbonyl (C=O) groups is 1. The van der Waals surface area contributed by atoms with Crippen molar-refractivity contribution in [2.75, 3.05) is 14.2 Å². The molecule has 0 aromatic carbocycles. The summed E-state index contributed by atoms with van der Waals surface area (Å²) in [7, 11) is 2.94. The number of hydrogen-bond donors (Lipinski definition) is 2. The Morgan fingerprint density at radius 1 is 1.21 bits per heavy atom. The molecular formula is C32H49ClO9. The average Bonchev–Trinajstić information content (AvgIpc) is 3.07. The molecule has 2 saturated heterocycles. The van der Waals surface area contributed by atoms with Crippen molar-refractivity contribution in [1.82, 2.24) is 0 Å². The number of fused-ring (bicyclic) bond motifs is 3. The Balaban J connectivity index is 1.29. The molecule has 2 bridgehead atoms. The van der Waals surface area contributed by atoms with Crippen LogP contribution in [0.4, 0.5) is 0 Å². The monoisotopic (exact) mass is 612 g/mol. The number of methoxy groups -OCH3 is 2. The van der Waals surface area contributed by atoms with E-state index in [0.717, 1.165) is 18.4 Å². The van der Waals surface area contributed by atoms with E-state index in [4.69, 9.17) is 40.0 Å². The maximum absolute atomic E-state index is 11.8. The van der Waals surface area contributed by atoms with E-state index >= 15 is 0 Å². The third kappa shape index (κ3) is 8.37. The Morgan fingerprint density at radius 2 is 1.98 bits per heavy atom. The number of carbonyl (C=O) groups excluding carboxylic acids is 1. The third-order valence-corrected chi connectivity index (χ3v) is 9.62. The number of hydrogen-bond acceptors (Lipinski definition) is 9. The van der Waals surface area contributed by atoms with E-state index in [1.807, 2.05) is 13.0 Å². The first-order chi connectivity index (χ1) is 19.9. The number of rotatable bonds is 12. The van der Waals surface area contributed by atoms with Crippen molar-refractivity contribution >= 4 is 17.6 Å². The summed E-state index contributed by atoms with van der Waals surface area (Å²) in [5.41, 5.74) is 1.79.